The molecular formula is C14H18N2. The highest BCUT2D eigenvalue weighted by atomic mass is 14.7. The van der Waals surface area contributed by atoms with E-state index in [1.807, 2.05) is 43.5 Å². The van der Waals surface area contributed by atoms with E-state index in [2.05, 4.69) is 23.8 Å². The minimum atomic E-state index is 0.980. The van der Waals surface area contributed by atoms with Crippen molar-refractivity contribution in [3.63, 3.8) is 0 Å². The lowest BCUT2D eigenvalue weighted by Gasteiger charge is -1.99. The first-order valence-corrected chi connectivity index (χ1v) is 5.62. The van der Waals surface area contributed by atoms with Crippen molar-refractivity contribution in [1.29, 1.82) is 0 Å². The van der Waals surface area contributed by atoms with Gasteiger partial charge in [0, 0.05) is 23.7 Å². The summed E-state index contributed by atoms with van der Waals surface area (Å²) < 4.78 is 0. The maximum Gasteiger partial charge on any atom is 0.0720 e. The van der Waals surface area contributed by atoms with Crippen molar-refractivity contribution in [2.24, 2.45) is 0 Å². The molecule has 0 fully saturated rings. The Kier molecular flexibility index (Phi) is 5.20. The fraction of sp³-hybridized carbons (Fsp3) is 0.286. The van der Waals surface area contributed by atoms with Crippen LogP contribution in [0.15, 0.2) is 42.7 Å². The minimum absolute atomic E-state index is 0.980. The van der Waals surface area contributed by atoms with Gasteiger partial charge in [-0.3, -0.25) is 9.97 Å². The average molecular weight is 214 g/mol. The van der Waals surface area contributed by atoms with Gasteiger partial charge in [0.25, 0.3) is 0 Å². The number of pyridine rings is 2. The lowest BCUT2D eigenvalue weighted by atomic mass is 10.2. The van der Waals surface area contributed by atoms with Crippen molar-refractivity contribution >= 4 is 0 Å². The van der Waals surface area contributed by atoms with Crippen molar-refractivity contribution in [2.75, 3.05) is 0 Å². The number of aryl methyl sites for hydroxylation is 1. The lowest BCUT2D eigenvalue weighted by Crippen LogP contribution is -1.85. The van der Waals surface area contributed by atoms with Gasteiger partial charge in [0.15, 0.2) is 0 Å². The van der Waals surface area contributed by atoms with E-state index in [1.54, 1.807) is 6.20 Å². The van der Waals surface area contributed by atoms with E-state index >= 15 is 0 Å². The molecule has 0 bridgehead atoms. The van der Waals surface area contributed by atoms with E-state index in [0.717, 1.165) is 17.0 Å². The molecular weight excluding hydrogens is 196 g/mol. The summed E-state index contributed by atoms with van der Waals surface area (Å²) >= 11 is 0. The van der Waals surface area contributed by atoms with Gasteiger partial charge in [0.2, 0.25) is 0 Å². The van der Waals surface area contributed by atoms with Gasteiger partial charge in [0.05, 0.1) is 5.69 Å². The summed E-state index contributed by atoms with van der Waals surface area (Å²) in [5.41, 5.74) is 3.07. The fourth-order valence-corrected chi connectivity index (χ4v) is 1.22. The first-order chi connectivity index (χ1) is 7.77. The van der Waals surface area contributed by atoms with Crippen molar-refractivity contribution < 1.29 is 0 Å². The molecule has 0 atom stereocenters. The molecule has 2 heterocycles. The van der Waals surface area contributed by atoms with Crippen LogP contribution in [0.2, 0.25) is 0 Å². The molecule has 2 aromatic rings. The summed E-state index contributed by atoms with van der Waals surface area (Å²) in [5, 5.41) is 0. The highest BCUT2D eigenvalue weighted by Gasteiger charge is 1.97. The summed E-state index contributed by atoms with van der Waals surface area (Å²) in [6.07, 6.45) is 4.83. The Morgan fingerprint density at radius 1 is 1.06 bits per heavy atom. The Morgan fingerprint density at radius 3 is 2.38 bits per heavy atom. The largest absolute Gasteiger partial charge is 0.264 e. The molecule has 2 heteroatoms. The summed E-state index contributed by atoms with van der Waals surface area (Å²) in [4.78, 5) is 8.45. The molecule has 0 spiro atoms. The van der Waals surface area contributed by atoms with Crippen LogP contribution < -0.4 is 0 Å². The van der Waals surface area contributed by atoms with Crippen molar-refractivity contribution in [3.8, 4) is 11.3 Å². The topological polar surface area (TPSA) is 25.8 Å². The van der Waals surface area contributed by atoms with Crippen LogP contribution in [0.5, 0.6) is 0 Å². The zero-order chi connectivity index (χ0) is 11.8. The summed E-state index contributed by atoms with van der Waals surface area (Å²) in [7, 11) is 0. The van der Waals surface area contributed by atoms with Gasteiger partial charge in [-0.1, -0.05) is 26.3 Å². The third kappa shape index (κ3) is 3.81. The molecule has 0 aliphatic heterocycles. The van der Waals surface area contributed by atoms with Crippen LogP contribution in [0, 0.1) is 6.92 Å². The van der Waals surface area contributed by atoms with E-state index < -0.39 is 0 Å². The highest BCUT2D eigenvalue weighted by molar-refractivity contribution is 5.57. The average Bonchev–Trinajstić information content (AvgIpc) is 2.31. The number of nitrogens with zero attached hydrogens (tertiary/aromatic N) is 2. The van der Waals surface area contributed by atoms with Gasteiger partial charge in [-0.2, -0.15) is 0 Å². The van der Waals surface area contributed by atoms with E-state index in [-0.39, 0.29) is 0 Å². The molecule has 0 aromatic carbocycles. The Hall–Kier alpha value is -1.70. The monoisotopic (exact) mass is 214 g/mol. The minimum Gasteiger partial charge on any atom is -0.264 e. The molecule has 2 rings (SSSR count). The van der Waals surface area contributed by atoms with Crippen molar-refractivity contribution in [1.82, 2.24) is 9.97 Å². The van der Waals surface area contributed by atoms with Crippen LogP contribution in [-0.4, -0.2) is 9.97 Å². The molecule has 0 saturated heterocycles. The molecule has 16 heavy (non-hydrogen) atoms. The molecule has 0 N–H and O–H groups in total. The maximum absolute atomic E-state index is 4.40. The normalized spacial score (nSPS) is 9.19. The highest BCUT2D eigenvalue weighted by Crippen LogP contribution is 2.14. The number of hydrogen-bond donors (Lipinski definition) is 0. The smallest absolute Gasteiger partial charge is 0.0720 e. The fourth-order valence-electron chi connectivity index (χ4n) is 1.22. The van der Waals surface area contributed by atoms with Gasteiger partial charge in [0.1, 0.15) is 0 Å². The predicted octanol–water partition coefficient (Wildman–Crippen LogP) is 3.87. The Bertz CT molecular complexity index is 410. The van der Waals surface area contributed by atoms with Gasteiger partial charge in [-0.05, 0) is 31.2 Å². The van der Waals surface area contributed by atoms with Gasteiger partial charge in [-0.25, -0.2) is 0 Å². The van der Waals surface area contributed by atoms with E-state index in [0.29, 0.717) is 0 Å². The maximum atomic E-state index is 4.40. The van der Waals surface area contributed by atoms with E-state index in [1.165, 1.54) is 6.42 Å². The third-order valence-corrected chi connectivity index (χ3v) is 1.85. The second kappa shape index (κ2) is 6.72. The van der Waals surface area contributed by atoms with Crippen molar-refractivity contribution in [2.45, 2.75) is 27.2 Å². The molecule has 0 unspecified atom stereocenters. The van der Waals surface area contributed by atoms with E-state index in [9.17, 15) is 0 Å². The zero-order valence-corrected chi connectivity index (χ0v) is 10.1. The molecule has 0 aliphatic rings. The first kappa shape index (κ1) is 12.4. The molecule has 2 aromatic heterocycles. The van der Waals surface area contributed by atoms with Gasteiger partial charge in [-0.15, -0.1) is 0 Å². The lowest BCUT2D eigenvalue weighted by molar-refractivity contribution is 1.09. The Morgan fingerprint density at radius 2 is 1.81 bits per heavy atom. The number of aromatic nitrogens is 2. The van der Waals surface area contributed by atoms with Gasteiger partial charge < -0.3 is 0 Å². The molecule has 84 valence electrons. The molecule has 0 aliphatic carbocycles. The Labute approximate surface area is 97.4 Å². The number of rotatable bonds is 1. The van der Waals surface area contributed by atoms with Crippen LogP contribution >= 0.6 is 0 Å². The molecule has 0 saturated carbocycles. The quantitative estimate of drug-likeness (QED) is 0.720. The van der Waals surface area contributed by atoms with Crippen LogP contribution in [-0.2, 0) is 0 Å². The SMILES string of the molecule is CCC.Cc1cccc(-c2cccnc2)n1. The van der Waals surface area contributed by atoms with Crippen LogP contribution in [0.25, 0.3) is 11.3 Å². The molecule has 0 radical (unpaired) electrons. The molecule has 2 nitrogen and oxygen atoms in total. The third-order valence-electron chi connectivity index (χ3n) is 1.85. The zero-order valence-electron chi connectivity index (χ0n) is 10.1. The second-order valence-corrected chi connectivity index (χ2v) is 3.61. The van der Waals surface area contributed by atoms with Crippen LogP contribution in [0.4, 0.5) is 0 Å². The predicted molar refractivity (Wildman–Crippen MR) is 68.2 cm³/mol. The van der Waals surface area contributed by atoms with Crippen molar-refractivity contribution in [3.05, 3.63) is 48.4 Å². The van der Waals surface area contributed by atoms with Gasteiger partial charge >= 0.3 is 0 Å². The van der Waals surface area contributed by atoms with E-state index in [4.69, 9.17) is 0 Å². The molecule has 0 amide bonds. The van der Waals surface area contributed by atoms with Crippen LogP contribution in [0.1, 0.15) is 26.0 Å². The summed E-state index contributed by atoms with van der Waals surface area (Å²) in [6.45, 7) is 6.24. The number of hydrogen-bond acceptors (Lipinski definition) is 2. The first-order valence-electron chi connectivity index (χ1n) is 5.62. The van der Waals surface area contributed by atoms with Crippen LogP contribution in [0.3, 0.4) is 0 Å². The summed E-state index contributed by atoms with van der Waals surface area (Å²) in [5.74, 6) is 0. The summed E-state index contributed by atoms with van der Waals surface area (Å²) in [6, 6.07) is 9.91. The standard InChI is InChI=1S/C11H10N2.C3H8/c1-9-4-2-6-11(13-9)10-5-3-7-12-8-10;1-3-2/h2-8H,1H3;3H2,1-2H3. The second-order valence-electron chi connectivity index (χ2n) is 3.61. The Balaban J connectivity index is 0.000000386.